The average Bonchev–Trinajstić information content (AvgIpc) is 3.76. The first kappa shape index (κ1) is 26.8. The van der Waals surface area contributed by atoms with E-state index in [4.69, 9.17) is 19.3 Å². The number of fused-ring (bicyclic) bond motifs is 4. The van der Waals surface area contributed by atoms with E-state index in [-0.39, 0.29) is 32.0 Å². The van der Waals surface area contributed by atoms with Crippen LogP contribution < -0.4 is 13.9 Å². The zero-order valence-electron chi connectivity index (χ0n) is 35.9. The fourth-order valence-corrected chi connectivity index (χ4v) is 6.56. The Bertz CT molecular complexity index is 3080. The summed E-state index contributed by atoms with van der Waals surface area (Å²) >= 11 is 0. The Balaban J connectivity index is 0.00000499. The van der Waals surface area contributed by atoms with Crippen molar-refractivity contribution >= 4 is 50.6 Å². The van der Waals surface area contributed by atoms with E-state index in [1.54, 1.807) is 35.0 Å². The third kappa shape index (κ3) is 6.21. The van der Waals surface area contributed by atoms with Gasteiger partial charge in [-0.2, -0.15) is 12.1 Å². The minimum Gasteiger partial charge on any atom is -0.509 e. The van der Waals surface area contributed by atoms with E-state index in [2.05, 4.69) is 54.5 Å². The van der Waals surface area contributed by atoms with Crippen molar-refractivity contribution in [3.8, 4) is 28.4 Å². The summed E-state index contributed by atoms with van der Waals surface area (Å²) in [5.41, 5.74) is 5.16. The summed E-state index contributed by atoms with van der Waals surface area (Å²) in [5.74, 6) is 1.67. The first-order valence-corrected chi connectivity index (χ1v) is 16.8. The summed E-state index contributed by atoms with van der Waals surface area (Å²) in [6.45, 7) is 3.70. The van der Waals surface area contributed by atoms with Crippen molar-refractivity contribution in [1.82, 2.24) is 23.7 Å². The molecule has 0 fully saturated rings. The third-order valence-corrected chi connectivity index (χ3v) is 9.11. The van der Waals surface area contributed by atoms with Crippen molar-refractivity contribution in [3.05, 3.63) is 163 Å². The molecule has 3 aromatic heterocycles. The zero-order valence-corrected chi connectivity index (χ0v) is 31.2. The van der Waals surface area contributed by atoms with E-state index >= 15 is 0 Å². The molecule has 4 heterocycles. The molecule has 5 aromatic carbocycles. The van der Waals surface area contributed by atoms with E-state index in [9.17, 15) is 0 Å². The first-order valence-electron chi connectivity index (χ1n) is 20.3. The van der Waals surface area contributed by atoms with Crippen LogP contribution in [-0.4, -0.2) is 20.5 Å². The number of para-hydroxylation sites is 3. The molecule has 1 aliphatic heterocycles. The van der Waals surface area contributed by atoms with Gasteiger partial charge < -0.3 is 9.30 Å². The molecule has 53 heavy (non-hydrogen) atoms. The number of aromatic nitrogens is 3. The van der Waals surface area contributed by atoms with Crippen LogP contribution in [0.5, 0.6) is 11.5 Å². The third-order valence-electron chi connectivity index (χ3n) is 9.11. The molecule has 0 amide bonds. The second-order valence-electron chi connectivity index (χ2n) is 13.5. The SMILES string of the molecule is [2H]c1c([2H])c(C([2H])([2H])[2H])c([2H])c([2H])c1-c1ccccc1[N+]1=C=[N+](c2[c-]c(Oc3[c-]c4c(cc3)c3ccncc3n4-c3cc(C(C)(C)C)ccn3)ccc2)c2ccccc21.[Pt+2]. The van der Waals surface area contributed by atoms with Crippen LogP contribution in [0.4, 0.5) is 22.7 Å². The molecule has 7 heteroatoms. The fraction of sp³-hybridized carbons (Fsp3) is 0.109. The van der Waals surface area contributed by atoms with Crippen molar-refractivity contribution < 1.29 is 35.4 Å². The van der Waals surface area contributed by atoms with E-state index < -0.39 is 36.6 Å². The van der Waals surface area contributed by atoms with Crippen LogP contribution in [0.25, 0.3) is 38.8 Å². The molecule has 0 bridgehead atoms. The Morgan fingerprint density at radius 1 is 0.774 bits per heavy atom. The predicted molar refractivity (Wildman–Crippen MR) is 210 cm³/mol. The number of pyridine rings is 2. The zero-order chi connectivity index (χ0) is 41.4. The standard InChI is InChI=1S/C46H35N5O.Pt/c1-31-16-18-32(19-17-31)37-12-5-6-13-40(37)50-30-49(41-14-7-8-15-42(41)50)34-10-9-11-35(27-34)52-36-20-21-38-39-23-24-47-29-44(39)51(43(38)28-36)45-26-33(22-25-48-45)46(2,3)4;/h5-26,29H,1-4H3;/q;+2/i1D3,16D,17D,18D,19D;. The van der Waals surface area contributed by atoms with E-state index in [1.807, 2.05) is 83.7 Å². The number of nitrogens with zero attached hydrogens (tertiary/aromatic N) is 5. The topological polar surface area (TPSA) is 46.0 Å². The number of ether oxygens (including phenoxy) is 1. The van der Waals surface area contributed by atoms with Crippen LogP contribution in [-0.2, 0) is 26.5 Å². The van der Waals surface area contributed by atoms with Crippen LogP contribution in [0, 0.1) is 19.0 Å². The van der Waals surface area contributed by atoms with Gasteiger partial charge >= 0.3 is 27.1 Å². The largest absolute Gasteiger partial charge is 2.00 e. The van der Waals surface area contributed by atoms with Gasteiger partial charge in [-0.25, -0.2) is 4.98 Å². The van der Waals surface area contributed by atoms with Gasteiger partial charge in [-0.15, -0.1) is 23.6 Å². The Hall–Kier alpha value is -5.93. The van der Waals surface area contributed by atoms with Gasteiger partial charge in [-0.05, 0) is 57.6 Å². The maximum Gasteiger partial charge on any atom is 2.00 e. The second kappa shape index (κ2) is 13.6. The van der Waals surface area contributed by atoms with Gasteiger partial charge in [0.2, 0.25) is 5.69 Å². The molecule has 0 unspecified atom stereocenters. The van der Waals surface area contributed by atoms with Crippen molar-refractivity contribution in [2.75, 3.05) is 0 Å². The molecule has 0 aliphatic carbocycles. The van der Waals surface area contributed by atoms with Gasteiger partial charge in [-0.3, -0.25) is 4.98 Å². The summed E-state index contributed by atoms with van der Waals surface area (Å²) in [6.07, 6.45) is 5.44. The number of benzene rings is 5. The van der Waals surface area contributed by atoms with Crippen molar-refractivity contribution in [1.29, 1.82) is 0 Å². The normalized spacial score (nSPS) is 14.4. The van der Waals surface area contributed by atoms with Crippen LogP contribution in [0.2, 0.25) is 0 Å². The monoisotopic (exact) mass is 875 g/mol. The van der Waals surface area contributed by atoms with Gasteiger partial charge in [0, 0.05) is 46.2 Å². The average molecular weight is 876 g/mol. The number of hydrogen-bond acceptors (Lipinski definition) is 3. The predicted octanol–water partition coefficient (Wildman–Crippen LogP) is 11.1. The molecule has 6 nitrogen and oxygen atoms in total. The van der Waals surface area contributed by atoms with Gasteiger partial charge in [0.15, 0.2) is 0 Å². The van der Waals surface area contributed by atoms with Crippen molar-refractivity contribution in [2.45, 2.75) is 33.0 Å². The molecule has 0 saturated heterocycles. The quantitative estimate of drug-likeness (QED) is 0.123. The van der Waals surface area contributed by atoms with Crippen LogP contribution in [0.1, 0.15) is 41.5 Å². The Kier molecular flexibility index (Phi) is 6.85. The van der Waals surface area contributed by atoms with Gasteiger partial charge in [0.05, 0.1) is 22.8 Å². The molecule has 0 saturated carbocycles. The first-order chi connectivity index (χ1) is 28.2. The number of hydrogen-bond donors (Lipinski definition) is 0. The molecule has 1 aliphatic rings. The summed E-state index contributed by atoms with van der Waals surface area (Å²) in [4.78, 5) is 9.18. The molecule has 8 aromatic rings. The summed E-state index contributed by atoms with van der Waals surface area (Å²) in [7, 11) is 0. The minimum absolute atomic E-state index is 0. The molecule has 0 radical (unpaired) electrons. The molecule has 0 spiro atoms. The maximum absolute atomic E-state index is 8.83. The molecule has 258 valence electrons. The van der Waals surface area contributed by atoms with Crippen molar-refractivity contribution in [2.24, 2.45) is 0 Å². The number of rotatable bonds is 6. The van der Waals surface area contributed by atoms with E-state index in [0.29, 0.717) is 28.4 Å². The smallest absolute Gasteiger partial charge is 0.509 e. The van der Waals surface area contributed by atoms with E-state index in [1.165, 1.54) is 0 Å². The molecular formula is C46H35N5OPt+2. The molecule has 0 atom stereocenters. The minimum atomic E-state index is -2.82. The van der Waals surface area contributed by atoms with Gasteiger partial charge in [0.1, 0.15) is 11.5 Å². The van der Waals surface area contributed by atoms with Gasteiger partial charge in [-0.1, -0.05) is 97.0 Å². The fourth-order valence-electron chi connectivity index (χ4n) is 6.56. The Morgan fingerprint density at radius 3 is 2.32 bits per heavy atom. The molecule has 9 rings (SSSR count). The summed E-state index contributed by atoms with van der Waals surface area (Å²) < 4.78 is 70.5. The van der Waals surface area contributed by atoms with Crippen molar-refractivity contribution in [3.63, 3.8) is 0 Å². The van der Waals surface area contributed by atoms with Crippen LogP contribution in [0.3, 0.4) is 0 Å². The van der Waals surface area contributed by atoms with Gasteiger partial charge in [0.25, 0.3) is 11.4 Å². The summed E-state index contributed by atoms with van der Waals surface area (Å²) in [6, 6.07) is 38.5. The van der Waals surface area contributed by atoms with Crippen LogP contribution in [0.15, 0.2) is 140 Å². The van der Waals surface area contributed by atoms with Crippen LogP contribution >= 0.6 is 0 Å². The second-order valence-corrected chi connectivity index (χ2v) is 13.5. The molecule has 0 N–H and O–H groups in total. The summed E-state index contributed by atoms with van der Waals surface area (Å²) in [5, 5.41) is 2.00. The maximum atomic E-state index is 8.83. The van der Waals surface area contributed by atoms with E-state index in [0.717, 1.165) is 44.6 Å². The Labute approximate surface area is 333 Å². The Morgan fingerprint density at radius 2 is 1.53 bits per heavy atom. The molecular weight excluding hydrogens is 834 g/mol.